The number of thiophene rings is 1. The molecular formula is C33H46N2O10S. The highest BCUT2D eigenvalue weighted by atomic mass is 32.1. The second kappa shape index (κ2) is 14.7. The van der Waals surface area contributed by atoms with Crippen LogP contribution in [-0.4, -0.2) is 77.1 Å². The SMILES string of the molecule is CC(C)(C)OC(=O)COc1ccc(C(O)CNC(=O)c2cc3c(s2)CCN(C(=O)OC(C)(C)C)C3)cc1OCC(=O)OC(C)(C)C. The van der Waals surface area contributed by atoms with Gasteiger partial charge in [0, 0.05) is 18.0 Å². The molecule has 46 heavy (non-hydrogen) atoms. The number of fused-ring (bicyclic) bond motifs is 1. The quantitative estimate of drug-likeness (QED) is 0.264. The van der Waals surface area contributed by atoms with E-state index in [1.165, 1.54) is 23.5 Å². The van der Waals surface area contributed by atoms with Gasteiger partial charge in [0.25, 0.3) is 5.91 Å². The third kappa shape index (κ3) is 11.8. The van der Waals surface area contributed by atoms with E-state index in [1.807, 2.05) is 20.8 Å². The van der Waals surface area contributed by atoms with Crippen LogP contribution in [0.4, 0.5) is 4.79 Å². The molecule has 0 fully saturated rings. The number of carbonyl (C=O) groups excluding carboxylic acids is 4. The average molecular weight is 663 g/mol. The number of nitrogens with one attached hydrogen (secondary N) is 1. The Morgan fingerprint density at radius 3 is 1.98 bits per heavy atom. The fraction of sp³-hybridized carbons (Fsp3) is 0.576. The maximum absolute atomic E-state index is 13.0. The summed E-state index contributed by atoms with van der Waals surface area (Å²) in [7, 11) is 0. The van der Waals surface area contributed by atoms with Crippen LogP contribution in [0.15, 0.2) is 24.3 Å². The lowest BCUT2D eigenvalue weighted by Crippen LogP contribution is -2.39. The molecule has 2 heterocycles. The van der Waals surface area contributed by atoms with Crippen LogP contribution < -0.4 is 14.8 Å². The molecule has 0 spiro atoms. The molecule has 1 aliphatic heterocycles. The lowest BCUT2D eigenvalue weighted by atomic mass is 10.1. The molecule has 254 valence electrons. The van der Waals surface area contributed by atoms with Crippen LogP contribution >= 0.6 is 11.3 Å². The fourth-order valence-corrected chi connectivity index (χ4v) is 5.38. The van der Waals surface area contributed by atoms with Gasteiger partial charge in [0.2, 0.25) is 0 Å². The van der Waals surface area contributed by atoms with Crippen molar-refractivity contribution in [2.24, 2.45) is 0 Å². The van der Waals surface area contributed by atoms with E-state index in [9.17, 15) is 24.3 Å². The van der Waals surface area contributed by atoms with Gasteiger partial charge < -0.3 is 39.0 Å². The van der Waals surface area contributed by atoms with E-state index in [1.54, 1.807) is 58.6 Å². The number of ether oxygens (including phenoxy) is 5. The van der Waals surface area contributed by atoms with E-state index in [4.69, 9.17) is 23.7 Å². The Kier molecular flexibility index (Phi) is 11.7. The Labute approximate surface area is 274 Å². The van der Waals surface area contributed by atoms with Crippen LogP contribution in [0.2, 0.25) is 0 Å². The zero-order valence-corrected chi connectivity index (χ0v) is 28.9. The third-order valence-corrected chi connectivity index (χ3v) is 7.32. The molecule has 1 unspecified atom stereocenters. The van der Waals surface area contributed by atoms with Gasteiger partial charge in [-0.25, -0.2) is 14.4 Å². The van der Waals surface area contributed by atoms with Crippen molar-refractivity contribution in [1.82, 2.24) is 10.2 Å². The number of aliphatic hydroxyl groups is 1. The second-order valence-corrected chi connectivity index (χ2v) is 15.0. The Bertz CT molecular complexity index is 1410. The summed E-state index contributed by atoms with van der Waals surface area (Å²) in [5.74, 6) is -1.32. The molecule has 2 amide bonds. The van der Waals surface area contributed by atoms with Gasteiger partial charge in [-0.3, -0.25) is 4.79 Å². The van der Waals surface area contributed by atoms with Crippen molar-refractivity contribution in [3.63, 3.8) is 0 Å². The molecule has 0 saturated heterocycles. The van der Waals surface area contributed by atoms with E-state index in [0.717, 1.165) is 10.4 Å². The van der Waals surface area contributed by atoms with Crippen LogP contribution in [0, 0.1) is 0 Å². The van der Waals surface area contributed by atoms with Crippen LogP contribution in [0.25, 0.3) is 0 Å². The third-order valence-electron chi connectivity index (χ3n) is 6.08. The highest BCUT2D eigenvalue weighted by molar-refractivity contribution is 7.14. The van der Waals surface area contributed by atoms with E-state index in [2.05, 4.69) is 5.32 Å². The summed E-state index contributed by atoms with van der Waals surface area (Å²) in [5, 5.41) is 13.7. The van der Waals surface area contributed by atoms with Crippen molar-refractivity contribution in [2.45, 2.75) is 98.2 Å². The molecule has 0 bridgehead atoms. The maximum atomic E-state index is 13.0. The monoisotopic (exact) mass is 662 g/mol. The first-order chi connectivity index (χ1) is 21.2. The van der Waals surface area contributed by atoms with E-state index >= 15 is 0 Å². The molecule has 1 atom stereocenters. The average Bonchev–Trinajstić information content (AvgIpc) is 3.34. The summed E-state index contributed by atoms with van der Waals surface area (Å²) in [4.78, 5) is 53.1. The van der Waals surface area contributed by atoms with Crippen molar-refractivity contribution >= 4 is 35.3 Å². The van der Waals surface area contributed by atoms with Gasteiger partial charge in [-0.1, -0.05) is 6.07 Å². The zero-order valence-electron chi connectivity index (χ0n) is 28.1. The summed E-state index contributed by atoms with van der Waals surface area (Å²) < 4.78 is 27.4. The molecule has 12 nitrogen and oxygen atoms in total. The summed E-state index contributed by atoms with van der Waals surface area (Å²) in [5.41, 5.74) is -0.746. The molecule has 0 saturated carbocycles. The van der Waals surface area contributed by atoms with Gasteiger partial charge in [0.05, 0.1) is 17.5 Å². The second-order valence-electron chi connectivity index (χ2n) is 13.9. The standard InChI is InChI=1S/C33H46N2O10S/c1-31(2,3)43-27(37)18-41-23-11-10-20(14-24(23)42-19-28(38)44-32(4,5)6)22(36)16-34-29(39)26-15-21-17-35(13-12-25(21)46-26)30(40)45-33(7,8)9/h10-11,14-15,22,36H,12-13,16-19H2,1-9H3,(H,34,39). The summed E-state index contributed by atoms with van der Waals surface area (Å²) >= 11 is 1.36. The molecule has 1 aliphatic rings. The largest absolute Gasteiger partial charge is 0.478 e. The Balaban J connectivity index is 1.66. The van der Waals surface area contributed by atoms with Gasteiger partial charge in [-0.05, 0) is 98.1 Å². The number of aliphatic hydroxyl groups excluding tert-OH is 1. The first-order valence-electron chi connectivity index (χ1n) is 15.1. The number of esters is 2. The topological polar surface area (TPSA) is 150 Å². The number of hydrogen-bond acceptors (Lipinski definition) is 11. The van der Waals surface area contributed by atoms with Crippen LogP contribution in [0.3, 0.4) is 0 Å². The number of benzene rings is 1. The maximum Gasteiger partial charge on any atom is 0.410 e. The number of nitrogens with zero attached hydrogens (tertiary/aromatic N) is 1. The van der Waals surface area contributed by atoms with E-state index in [0.29, 0.717) is 30.0 Å². The van der Waals surface area contributed by atoms with Crippen LogP contribution in [0.1, 0.15) is 94.1 Å². The minimum atomic E-state index is -1.13. The molecule has 13 heteroatoms. The number of hydrogen-bond donors (Lipinski definition) is 2. The fourth-order valence-electron chi connectivity index (χ4n) is 4.30. The molecule has 2 aromatic rings. The van der Waals surface area contributed by atoms with Crippen molar-refractivity contribution in [2.75, 3.05) is 26.3 Å². The van der Waals surface area contributed by atoms with Crippen molar-refractivity contribution < 1.29 is 48.0 Å². The summed E-state index contributed by atoms with van der Waals surface area (Å²) in [6.45, 7) is 15.7. The van der Waals surface area contributed by atoms with Crippen molar-refractivity contribution in [1.29, 1.82) is 0 Å². The Morgan fingerprint density at radius 1 is 0.848 bits per heavy atom. The van der Waals surface area contributed by atoms with Gasteiger partial charge in [0.15, 0.2) is 24.7 Å². The van der Waals surface area contributed by atoms with E-state index in [-0.39, 0.29) is 24.0 Å². The first kappa shape index (κ1) is 36.6. The summed E-state index contributed by atoms with van der Waals surface area (Å²) in [6.07, 6.45) is -0.914. The minimum Gasteiger partial charge on any atom is -0.478 e. The van der Waals surface area contributed by atoms with Crippen molar-refractivity contribution in [3.8, 4) is 11.5 Å². The van der Waals surface area contributed by atoms with Gasteiger partial charge in [-0.15, -0.1) is 11.3 Å². The minimum absolute atomic E-state index is 0.0952. The summed E-state index contributed by atoms with van der Waals surface area (Å²) in [6, 6.07) is 6.30. The molecule has 1 aromatic carbocycles. The lowest BCUT2D eigenvalue weighted by Gasteiger charge is -2.29. The number of carbonyl (C=O) groups is 4. The molecule has 2 N–H and O–H groups in total. The van der Waals surface area contributed by atoms with Gasteiger partial charge in [-0.2, -0.15) is 0 Å². The predicted octanol–water partition coefficient (Wildman–Crippen LogP) is 4.95. The van der Waals surface area contributed by atoms with Crippen LogP contribution in [-0.2, 0) is 36.8 Å². The number of amides is 2. The number of rotatable bonds is 10. The van der Waals surface area contributed by atoms with Gasteiger partial charge in [0.1, 0.15) is 16.8 Å². The molecular weight excluding hydrogens is 616 g/mol. The molecule has 3 rings (SSSR count). The highest BCUT2D eigenvalue weighted by Gasteiger charge is 2.28. The smallest absolute Gasteiger partial charge is 0.410 e. The Hall–Kier alpha value is -3.84. The van der Waals surface area contributed by atoms with Crippen LogP contribution in [0.5, 0.6) is 11.5 Å². The Morgan fingerprint density at radius 2 is 1.41 bits per heavy atom. The zero-order chi connectivity index (χ0) is 34.4. The first-order valence-corrected chi connectivity index (χ1v) is 15.9. The molecule has 1 aromatic heterocycles. The molecule has 0 aliphatic carbocycles. The van der Waals surface area contributed by atoms with Gasteiger partial charge >= 0.3 is 18.0 Å². The van der Waals surface area contributed by atoms with Crippen molar-refractivity contribution in [3.05, 3.63) is 45.1 Å². The molecule has 0 radical (unpaired) electrons. The van der Waals surface area contributed by atoms with E-state index < -0.39 is 54.2 Å². The lowest BCUT2D eigenvalue weighted by molar-refractivity contribution is -0.158. The normalized spacial score (nSPS) is 14.1. The predicted molar refractivity (Wildman–Crippen MR) is 171 cm³/mol. The highest BCUT2D eigenvalue weighted by Crippen LogP contribution is 2.32.